The van der Waals surface area contributed by atoms with Crippen molar-refractivity contribution in [3.8, 4) is 0 Å². The second-order valence-corrected chi connectivity index (χ2v) is 3.97. The summed E-state index contributed by atoms with van der Waals surface area (Å²) in [5, 5.41) is 6.47. The minimum Gasteiger partial charge on any atom is -0.397 e. The number of aryl methyl sites for hydroxylation is 1. The number of carbonyl (C=O) groups is 1. The summed E-state index contributed by atoms with van der Waals surface area (Å²) in [6, 6.07) is 5.23. The molecule has 6 nitrogen and oxygen atoms in total. The Balaban J connectivity index is 1.83. The minimum atomic E-state index is -0.124. The van der Waals surface area contributed by atoms with E-state index in [1.807, 2.05) is 6.92 Å². The highest BCUT2D eigenvalue weighted by atomic mass is 16.5. The van der Waals surface area contributed by atoms with Gasteiger partial charge >= 0.3 is 0 Å². The molecule has 0 radical (unpaired) electrons. The van der Waals surface area contributed by atoms with E-state index in [1.165, 1.54) is 6.20 Å². The van der Waals surface area contributed by atoms with Crippen LogP contribution in [0.25, 0.3) is 0 Å². The summed E-state index contributed by atoms with van der Waals surface area (Å²) in [4.78, 5) is 15.7. The Hall–Kier alpha value is -2.37. The van der Waals surface area contributed by atoms with Gasteiger partial charge in [0.25, 0.3) is 0 Å². The van der Waals surface area contributed by atoms with Crippen molar-refractivity contribution in [2.45, 2.75) is 19.9 Å². The monoisotopic (exact) mass is 246 g/mol. The number of nitrogens with one attached hydrogen (secondary N) is 1. The third-order valence-corrected chi connectivity index (χ3v) is 2.33. The van der Waals surface area contributed by atoms with Crippen molar-refractivity contribution in [2.24, 2.45) is 0 Å². The quantitative estimate of drug-likeness (QED) is 0.832. The Morgan fingerprint density at radius 3 is 2.94 bits per heavy atom. The van der Waals surface area contributed by atoms with Crippen LogP contribution in [0, 0.1) is 6.92 Å². The van der Waals surface area contributed by atoms with Crippen LogP contribution < -0.4 is 11.1 Å². The predicted molar refractivity (Wildman–Crippen MR) is 65.4 cm³/mol. The molecule has 0 saturated heterocycles. The Kier molecular flexibility index (Phi) is 3.57. The van der Waals surface area contributed by atoms with E-state index in [2.05, 4.69) is 15.5 Å². The smallest absolute Gasteiger partial charge is 0.226 e. The number of amides is 1. The molecule has 6 heteroatoms. The van der Waals surface area contributed by atoms with Gasteiger partial charge in [0.1, 0.15) is 0 Å². The first-order valence-corrected chi connectivity index (χ1v) is 5.53. The van der Waals surface area contributed by atoms with Crippen molar-refractivity contribution in [2.75, 3.05) is 5.73 Å². The van der Waals surface area contributed by atoms with Gasteiger partial charge < -0.3 is 15.6 Å². The molecule has 0 aliphatic carbocycles. The summed E-state index contributed by atoms with van der Waals surface area (Å²) < 4.78 is 4.98. The molecule has 1 amide bonds. The Labute approximate surface area is 104 Å². The minimum absolute atomic E-state index is 0.124. The summed E-state index contributed by atoms with van der Waals surface area (Å²) in [7, 11) is 0. The fraction of sp³-hybridized carbons (Fsp3) is 0.250. The lowest BCUT2D eigenvalue weighted by molar-refractivity contribution is -0.120. The van der Waals surface area contributed by atoms with Crippen LogP contribution >= 0.6 is 0 Å². The molecule has 2 rings (SSSR count). The molecule has 0 aliphatic heterocycles. The van der Waals surface area contributed by atoms with Gasteiger partial charge in [0.05, 0.1) is 30.5 Å². The number of nitrogens with zero attached hydrogens (tertiary/aromatic N) is 2. The van der Waals surface area contributed by atoms with Crippen molar-refractivity contribution >= 4 is 11.6 Å². The van der Waals surface area contributed by atoms with Crippen molar-refractivity contribution in [1.29, 1.82) is 0 Å². The lowest BCUT2D eigenvalue weighted by atomic mass is 10.2. The van der Waals surface area contributed by atoms with E-state index >= 15 is 0 Å². The number of hydrogen-bond donors (Lipinski definition) is 2. The van der Waals surface area contributed by atoms with Crippen molar-refractivity contribution < 1.29 is 9.32 Å². The molecular weight excluding hydrogens is 232 g/mol. The maximum absolute atomic E-state index is 11.6. The molecular formula is C12H14N4O2. The summed E-state index contributed by atoms with van der Waals surface area (Å²) in [5.74, 6) is 0.507. The maximum atomic E-state index is 11.6. The van der Waals surface area contributed by atoms with Crippen molar-refractivity contribution in [3.05, 3.63) is 41.5 Å². The van der Waals surface area contributed by atoms with Gasteiger partial charge in [0.2, 0.25) is 5.91 Å². The molecule has 2 heterocycles. The van der Waals surface area contributed by atoms with Crippen molar-refractivity contribution in [3.63, 3.8) is 0 Å². The van der Waals surface area contributed by atoms with Crippen LogP contribution in [-0.4, -0.2) is 16.0 Å². The Morgan fingerprint density at radius 2 is 2.33 bits per heavy atom. The van der Waals surface area contributed by atoms with Crippen LogP contribution in [0.3, 0.4) is 0 Å². The summed E-state index contributed by atoms with van der Waals surface area (Å²) in [6.07, 6.45) is 1.75. The zero-order valence-electron chi connectivity index (χ0n) is 10.0. The standard InChI is InChI=1S/C12H14N4O2/c1-8-4-11(18-16-8)7-15-12(17)5-10-3-2-9(13)6-14-10/h2-4,6H,5,7,13H2,1H3,(H,15,17). The van der Waals surface area contributed by atoms with Crippen LogP contribution in [0.5, 0.6) is 0 Å². The highest BCUT2D eigenvalue weighted by molar-refractivity contribution is 5.78. The van der Waals surface area contributed by atoms with Gasteiger partial charge in [-0.05, 0) is 19.1 Å². The van der Waals surface area contributed by atoms with Crippen LogP contribution in [0.2, 0.25) is 0 Å². The van der Waals surface area contributed by atoms with E-state index in [0.717, 1.165) is 5.69 Å². The largest absolute Gasteiger partial charge is 0.397 e. The molecule has 18 heavy (non-hydrogen) atoms. The van der Waals surface area contributed by atoms with Gasteiger partial charge in [-0.15, -0.1) is 0 Å². The number of aromatic nitrogens is 2. The summed E-state index contributed by atoms with van der Waals surface area (Å²) in [6.45, 7) is 2.15. The molecule has 0 saturated carbocycles. The van der Waals surface area contributed by atoms with E-state index < -0.39 is 0 Å². The third-order valence-electron chi connectivity index (χ3n) is 2.33. The number of rotatable bonds is 4. The van der Waals surface area contributed by atoms with Crippen LogP contribution in [0.15, 0.2) is 28.9 Å². The first kappa shape index (κ1) is 12.1. The summed E-state index contributed by atoms with van der Waals surface area (Å²) in [5.41, 5.74) is 7.56. The maximum Gasteiger partial charge on any atom is 0.226 e. The van der Waals surface area contributed by atoms with Gasteiger partial charge in [0, 0.05) is 11.8 Å². The molecule has 0 atom stereocenters. The van der Waals surface area contributed by atoms with Crippen LogP contribution in [0.1, 0.15) is 17.1 Å². The normalized spacial score (nSPS) is 10.3. The second kappa shape index (κ2) is 5.31. The molecule has 0 fully saturated rings. The fourth-order valence-electron chi connectivity index (χ4n) is 1.45. The number of hydrogen-bond acceptors (Lipinski definition) is 5. The second-order valence-electron chi connectivity index (χ2n) is 3.97. The molecule has 0 spiro atoms. The topological polar surface area (TPSA) is 94.0 Å². The lowest BCUT2D eigenvalue weighted by Crippen LogP contribution is -2.24. The zero-order valence-corrected chi connectivity index (χ0v) is 10.0. The number of pyridine rings is 1. The van der Waals surface area contributed by atoms with Gasteiger partial charge in [0.15, 0.2) is 5.76 Å². The third kappa shape index (κ3) is 3.31. The molecule has 0 aromatic carbocycles. The Bertz CT molecular complexity index is 533. The molecule has 3 N–H and O–H groups in total. The molecule has 0 aliphatic rings. The van der Waals surface area contributed by atoms with E-state index in [-0.39, 0.29) is 12.3 Å². The zero-order chi connectivity index (χ0) is 13.0. The van der Waals surface area contributed by atoms with E-state index in [1.54, 1.807) is 18.2 Å². The number of nitrogens with two attached hydrogens (primary N) is 1. The van der Waals surface area contributed by atoms with Crippen molar-refractivity contribution in [1.82, 2.24) is 15.5 Å². The van der Waals surface area contributed by atoms with Gasteiger partial charge in [-0.2, -0.15) is 0 Å². The lowest BCUT2D eigenvalue weighted by Gasteiger charge is -2.02. The molecule has 0 unspecified atom stereocenters. The van der Waals surface area contributed by atoms with Crippen LogP contribution in [-0.2, 0) is 17.8 Å². The van der Waals surface area contributed by atoms with E-state index in [9.17, 15) is 4.79 Å². The highest BCUT2D eigenvalue weighted by Crippen LogP contribution is 2.03. The van der Waals surface area contributed by atoms with E-state index in [4.69, 9.17) is 10.3 Å². The highest BCUT2D eigenvalue weighted by Gasteiger charge is 2.06. The average molecular weight is 246 g/mol. The van der Waals surface area contributed by atoms with Gasteiger partial charge in [-0.3, -0.25) is 9.78 Å². The molecule has 0 bridgehead atoms. The Morgan fingerprint density at radius 1 is 1.50 bits per heavy atom. The average Bonchev–Trinajstić information content (AvgIpc) is 2.76. The SMILES string of the molecule is Cc1cc(CNC(=O)Cc2ccc(N)cn2)on1. The molecule has 2 aromatic heterocycles. The number of carbonyl (C=O) groups excluding carboxylic acids is 1. The first-order valence-electron chi connectivity index (χ1n) is 5.53. The number of anilines is 1. The molecule has 2 aromatic rings. The van der Waals surface area contributed by atoms with Gasteiger partial charge in [-0.1, -0.05) is 5.16 Å². The summed E-state index contributed by atoms with van der Waals surface area (Å²) >= 11 is 0. The number of nitrogen functional groups attached to an aromatic ring is 1. The van der Waals surface area contributed by atoms with E-state index in [0.29, 0.717) is 23.7 Å². The van der Waals surface area contributed by atoms with Crippen LogP contribution in [0.4, 0.5) is 5.69 Å². The molecule has 94 valence electrons. The fourth-order valence-corrected chi connectivity index (χ4v) is 1.45. The first-order chi connectivity index (χ1) is 8.63. The van der Waals surface area contributed by atoms with Gasteiger partial charge in [-0.25, -0.2) is 0 Å². The predicted octanol–water partition coefficient (Wildman–Crippen LogP) is 0.819.